The Kier molecular flexibility index (Phi) is 9.06. The van der Waals surface area contributed by atoms with Crippen LogP contribution in [0.25, 0.3) is 11.4 Å². The van der Waals surface area contributed by atoms with Gasteiger partial charge in [-0.1, -0.05) is 35.0 Å². The molecule has 0 radical (unpaired) electrons. The van der Waals surface area contributed by atoms with Crippen molar-refractivity contribution in [2.75, 3.05) is 45.9 Å². The molecule has 2 aliphatic rings. The third kappa shape index (κ3) is 5.50. The number of rotatable bonds is 4. The fourth-order valence-corrected chi connectivity index (χ4v) is 3.64. The number of carbonyl (C=O) groups excluding carboxylic acids is 1. The molecule has 1 aromatic carbocycles. The van der Waals surface area contributed by atoms with Gasteiger partial charge in [-0.05, 0) is 13.8 Å². The normalized spacial score (nSPS) is 20.7. The van der Waals surface area contributed by atoms with Crippen LogP contribution in [0.4, 0.5) is 0 Å². The lowest BCUT2D eigenvalue weighted by molar-refractivity contribution is -0.147. The molecule has 0 spiro atoms. The van der Waals surface area contributed by atoms with Crippen LogP contribution < -0.4 is 5.32 Å². The van der Waals surface area contributed by atoms with Crippen molar-refractivity contribution in [3.63, 3.8) is 0 Å². The van der Waals surface area contributed by atoms with Gasteiger partial charge in [-0.2, -0.15) is 4.98 Å². The van der Waals surface area contributed by atoms with E-state index in [0.717, 1.165) is 25.2 Å². The summed E-state index contributed by atoms with van der Waals surface area (Å²) < 4.78 is 11.1. The van der Waals surface area contributed by atoms with Gasteiger partial charge in [0.05, 0.1) is 12.6 Å². The minimum absolute atomic E-state index is 0. The molecule has 8 nitrogen and oxygen atoms in total. The number of morpholine rings is 1. The van der Waals surface area contributed by atoms with E-state index < -0.39 is 0 Å². The average Bonchev–Trinajstić information content (AvgIpc) is 3.24. The number of aromatic nitrogens is 2. The smallest absolute Gasteiger partial charge is 0.253 e. The Balaban J connectivity index is 0.00000160. The van der Waals surface area contributed by atoms with Gasteiger partial charge in [0.2, 0.25) is 11.7 Å². The van der Waals surface area contributed by atoms with Crippen molar-refractivity contribution in [3.05, 3.63) is 35.7 Å². The summed E-state index contributed by atoms with van der Waals surface area (Å²) in [6.45, 7) is 9.03. The zero-order valence-electron chi connectivity index (χ0n) is 17.2. The lowest BCUT2D eigenvalue weighted by atomic mass is 10.1. The monoisotopic (exact) mass is 457 g/mol. The Bertz CT molecular complexity index is 803. The van der Waals surface area contributed by atoms with Gasteiger partial charge in [-0.15, -0.1) is 24.8 Å². The second-order valence-corrected chi connectivity index (χ2v) is 7.42. The molecule has 2 fully saturated rings. The van der Waals surface area contributed by atoms with E-state index in [0.29, 0.717) is 38.0 Å². The number of hydrogen-bond acceptors (Lipinski definition) is 7. The van der Waals surface area contributed by atoms with Gasteiger partial charge in [0.25, 0.3) is 5.91 Å². The fraction of sp³-hybridized carbons (Fsp3) is 0.550. The van der Waals surface area contributed by atoms with Crippen LogP contribution in [0.5, 0.6) is 0 Å². The molecule has 166 valence electrons. The summed E-state index contributed by atoms with van der Waals surface area (Å²) >= 11 is 0. The maximum atomic E-state index is 12.6. The highest BCUT2D eigenvalue weighted by Crippen LogP contribution is 2.24. The molecule has 1 N–H and O–H groups in total. The van der Waals surface area contributed by atoms with Crippen molar-refractivity contribution >= 4 is 30.7 Å². The highest BCUT2D eigenvalue weighted by molar-refractivity contribution is 5.85. The number of halogens is 2. The summed E-state index contributed by atoms with van der Waals surface area (Å²) in [5.41, 5.74) is 2.15. The van der Waals surface area contributed by atoms with Crippen LogP contribution in [0, 0.1) is 6.92 Å². The maximum absolute atomic E-state index is 12.6. The van der Waals surface area contributed by atoms with Crippen molar-refractivity contribution < 1.29 is 14.1 Å². The van der Waals surface area contributed by atoms with Crippen LogP contribution in [0.3, 0.4) is 0 Å². The van der Waals surface area contributed by atoms with E-state index in [4.69, 9.17) is 9.26 Å². The molecular weight excluding hydrogens is 429 g/mol. The predicted octanol–water partition coefficient (Wildman–Crippen LogP) is 2.08. The van der Waals surface area contributed by atoms with Gasteiger partial charge in [0.1, 0.15) is 6.10 Å². The van der Waals surface area contributed by atoms with E-state index in [1.165, 1.54) is 5.56 Å². The first-order valence-corrected chi connectivity index (χ1v) is 9.87. The number of ether oxygens (including phenoxy) is 1. The number of carbonyl (C=O) groups is 1. The zero-order chi connectivity index (χ0) is 19.5. The first kappa shape index (κ1) is 24.6. The number of aryl methyl sites for hydroxylation is 1. The molecule has 0 bridgehead atoms. The zero-order valence-corrected chi connectivity index (χ0v) is 18.9. The number of piperazine rings is 1. The Labute approximate surface area is 189 Å². The van der Waals surface area contributed by atoms with Crippen molar-refractivity contribution in [1.82, 2.24) is 25.3 Å². The summed E-state index contributed by atoms with van der Waals surface area (Å²) in [6.07, 6.45) is -0.356. The molecule has 1 amide bonds. The molecule has 0 saturated carbocycles. The first-order chi connectivity index (χ1) is 13.6. The van der Waals surface area contributed by atoms with E-state index in [9.17, 15) is 4.79 Å². The van der Waals surface area contributed by atoms with Gasteiger partial charge in [0.15, 0.2) is 0 Å². The molecule has 2 aliphatic heterocycles. The lowest BCUT2D eigenvalue weighted by Crippen LogP contribution is -2.55. The van der Waals surface area contributed by atoms with Crippen LogP contribution in [0.2, 0.25) is 0 Å². The molecule has 2 atom stereocenters. The second-order valence-electron chi connectivity index (χ2n) is 7.42. The number of amides is 1. The largest absolute Gasteiger partial charge is 0.366 e. The minimum Gasteiger partial charge on any atom is -0.366 e. The summed E-state index contributed by atoms with van der Waals surface area (Å²) in [4.78, 5) is 21.3. The van der Waals surface area contributed by atoms with Crippen LogP contribution >= 0.6 is 24.8 Å². The van der Waals surface area contributed by atoms with Crippen LogP contribution in [-0.4, -0.2) is 77.8 Å². The van der Waals surface area contributed by atoms with Crippen molar-refractivity contribution in [2.24, 2.45) is 0 Å². The summed E-state index contributed by atoms with van der Waals surface area (Å²) in [6, 6.07) is 8.09. The molecule has 30 heavy (non-hydrogen) atoms. The van der Waals surface area contributed by atoms with E-state index in [2.05, 4.69) is 34.2 Å². The second kappa shape index (κ2) is 11.1. The maximum Gasteiger partial charge on any atom is 0.253 e. The van der Waals surface area contributed by atoms with E-state index in [-0.39, 0.29) is 42.9 Å². The van der Waals surface area contributed by atoms with Crippen LogP contribution in [0.15, 0.2) is 28.8 Å². The number of hydrogen-bond donors (Lipinski definition) is 1. The Morgan fingerprint density at radius 3 is 2.50 bits per heavy atom. The quantitative estimate of drug-likeness (QED) is 0.751. The summed E-state index contributed by atoms with van der Waals surface area (Å²) in [5, 5.41) is 7.35. The lowest BCUT2D eigenvalue weighted by Gasteiger charge is -2.38. The SMILES string of the molecule is Cc1ccc(-c2noc(C(C)N3CCN(C(=O)C4CNCCO4)CC3)n2)cc1.Cl.Cl. The topological polar surface area (TPSA) is 83.7 Å². The molecule has 4 rings (SSSR count). The molecule has 2 unspecified atom stereocenters. The van der Waals surface area contributed by atoms with Crippen molar-refractivity contribution in [3.8, 4) is 11.4 Å². The summed E-state index contributed by atoms with van der Waals surface area (Å²) in [5.74, 6) is 1.30. The molecule has 2 saturated heterocycles. The predicted molar refractivity (Wildman–Crippen MR) is 118 cm³/mol. The number of nitrogens with one attached hydrogen (secondary N) is 1. The van der Waals surface area contributed by atoms with Crippen LogP contribution in [0.1, 0.15) is 24.4 Å². The minimum atomic E-state index is -0.356. The molecule has 0 aliphatic carbocycles. The Hall–Kier alpha value is -1.71. The molecular formula is C20H29Cl2N5O3. The summed E-state index contributed by atoms with van der Waals surface area (Å²) in [7, 11) is 0. The third-order valence-electron chi connectivity index (χ3n) is 5.49. The molecule has 3 heterocycles. The van der Waals surface area contributed by atoms with Gasteiger partial charge >= 0.3 is 0 Å². The van der Waals surface area contributed by atoms with E-state index in [1.807, 2.05) is 29.2 Å². The molecule has 2 aromatic rings. The molecule has 10 heteroatoms. The standard InChI is InChI=1S/C20H27N5O3.2ClH/c1-14-3-5-16(6-4-14)18-22-19(28-23-18)15(2)24-8-10-25(11-9-24)20(26)17-13-21-7-12-27-17;;/h3-6,15,17,21H,7-13H2,1-2H3;2*1H. The number of nitrogens with zero attached hydrogens (tertiary/aromatic N) is 4. The van der Waals surface area contributed by atoms with E-state index >= 15 is 0 Å². The van der Waals surface area contributed by atoms with Crippen molar-refractivity contribution in [2.45, 2.75) is 26.0 Å². The molecule has 1 aromatic heterocycles. The van der Waals surface area contributed by atoms with Gasteiger partial charge in [0, 0.05) is 44.8 Å². The third-order valence-corrected chi connectivity index (χ3v) is 5.49. The van der Waals surface area contributed by atoms with Crippen molar-refractivity contribution in [1.29, 1.82) is 0 Å². The fourth-order valence-electron chi connectivity index (χ4n) is 3.64. The number of benzene rings is 1. The first-order valence-electron chi connectivity index (χ1n) is 9.87. The van der Waals surface area contributed by atoms with Gasteiger partial charge in [-0.3, -0.25) is 9.69 Å². The van der Waals surface area contributed by atoms with E-state index in [1.54, 1.807) is 0 Å². The Morgan fingerprint density at radius 1 is 1.17 bits per heavy atom. The van der Waals surface area contributed by atoms with Gasteiger partial charge < -0.3 is 19.5 Å². The highest BCUT2D eigenvalue weighted by Gasteiger charge is 2.31. The van der Waals surface area contributed by atoms with Crippen LogP contribution in [-0.2, 0) is 9.53 Å². The van der Waals surface area contributed by atoms with Gasteiger partial charge in [-0.25, -0.2) is 0 Å². The Morgan fingerprint density at radius 2 is 1.87 bits per heavy atom. The highest BCUT2D eigenvalue weighted by atomic mass is 35.5. The average molecular weight is 458 g/mol.